The van der Waals surface area contributed by atoms with Crippen molar-refractivity contribution in [1.82, 2.24) is 15.3 Å². The predicted octanol–water partition coefficient (Wildman–Crippen LogP) is 5.97. The molecule has 0 aliphatic heterocycles. The fourth-order valence-electron chi connectivity index (χ4n) is 10.4. The third-order valence-corrected chi connectivity index (χ3v) is 12.5. The molecule has 5 rings (SSSR count). The number of imidazole rings is 1. The molecule has 0 bridgehead atoms. The molecule has 11 atom stereocenters. The second-order valence-corrected chi connectivity index (χ2v) is 14.5. The molecule has 0 saturated heterocycles. The van der Waals surface area contributed by atoms with Crippen LogP contribution in [0.2, 0.25) is 0 Å². The van der Waals surface area contributed by atoms with E-state index < -0.39 is 0 Å². The normalized spacial score (nSPS) is 43.0. The fourth-order valence-corrected chi connectivity index (χ4v) is 10.4. The number of aromatic amines is 1. The maximum atomic E-state index is 10.7. The first-order chi connectivity index (χ1) is 17.8. The molecule has 37 heavy (non-hydrogen) atoms. The highest BCUT2D eigenvalue weighted by Crippen LogP contribution is 2.68. The summed E-state index contributed by atoms with van der Waals surface area (Å²) in [4.78, 5) is 7.46. The van der Waals surface area contributed by atoms with Gasteiger partial charge in [-0.25, -0.2) is 4.98 Å². The smallest absolute Gasteiger partial charge is 0.0921 e. The van der Waals surface area contributed by atoms with Crippen molar-refractivity contribution in [1.29, 1.82) is 0 Å². The van der Waals surface area contributed by atoms with Gasteiger partial charge in [0, 0.05) is 37.5 Å². The molecule has 0 aromatic carbocycles. The highest BCUT2D eigenvalue weighted by atomic mass is 16.3. The highest BCUT2D eigenvalue weighted by molar-refractivity contribution is 5.12. The Morgan fingerprint density at radius 1 is 1.03 bits per heavy atom. The Balaban J connectivity index is 1.30. The van der Waals surface area contributed by atoms with Crippen LogP contribution in [-0.2, 0) is 6.42 Å². The van der Waals surface area contributed by atoms with Crippen molar-refractivity contribution in [2.24, 2.45) is 52.3 Å². The molecule has 0 radical (unpaired) electrons. The summed E-state index contributed by atoms with van der Waals surface area (Å²) in [7, 11) is 0. The van der Waals surface area contributed by atoms with E-state index in [0.717, 1.165) is 61.8 Å². The van der Waals surface area contributed by atoms with E-state index in [9.17, 15) is 10.2 Å². The van der Waals surface area contributed by atoms with Gasteiger partial charge in [0.05, 0.1) is 12.4 Å². The molecule has 4 aliphatic rings. The number of nitrogens with zero attached hydrogens (tertiary/aromatic N) is 1. The maximum absolute atomic E-state index is 10.7. The number of H-pyrrole nitrogens is 1. The van der Waals surface area contributed by atoms with Crippen LogP contribution in [0.25, 0.3) is 0 Å². The van der Waals surface area contributed by atoms with Gasteiger partial charge >= 0.3 is 0 Å². The zero-order chi connectivity index (χ0) is 26.2. The summed E-state index contributed by atoms with van der Waals surface area (Å²) in [6.07, 6.45) is 18.5. The van der Waals surface area contributed by atoms with E-state index in [1.165, 1.54) is 57.1 Å². The van der Waals surface area contributed by atoms with Crippen molar-refractivity contribution in [3.63, 3.8) is 0 Å². The Morgan fingerprint density at radius 2 is 1.81 bits per heavy atom. The van der Waals surface area contributed by atoms with Crippen LogP contribution in [0, 0.1) is 52.3 Å². The standard InChI is InChI=1S/C32H55N3O2/c1-21(19-36)6-5-7-22(2)26-8-9-27-25-17-30(34-15-12-23-18-33-20-35-23)29-16-24(37)10-13-32(29,4)28(25)11-14-31(26,27)3/h18,20-22,24-30,34,36-37H,5-17,19H2,1-4H3,(H,33,35)/t21?,22-,24+,25+,26-,27+,28+,29?,30-,31-,32-/m1/s1. The quantitative estimate of drug-likeness (QED) is 0.310. The lowest BCUT2D eigenvalue weighted by Gasteiger charge is -2.63. The van der Waals surface area contributed by atoms with E-state index in [0.29, 0.717) is 35.3 Å². The molecule has 0 amide bonds. The van der Waals surface area contributed by atoms with Crippen LogP contribution in [0.4, 0.5) is 0 Å². The average molecular weight is 514 g/mol. The number of fused-ring (bicyclic) bond motifs is 5. The first-order valence-electron chi connectivity index (χ1n) is 15.8. The van der Waals surface area contributed by atoms with Crippen molar-refractivity contribution in [2.45, 2.75) is 117 Å². The summed E-state index contributed by atoms with van der Waals surface area (Å²) in [6.45, 7) is 11.3. The van der Waals surface area contributed by atoms with Crippen molar-refractivity contribution in [3.05, 3.63) is 18.2 Å². The lowest BCUT2D eigenvalue weighted by Crippen LogP contribution is -2.61. The molecule has 4 N–H and O–H groups in total. The Hall–Kier alpha value is -0.910. The number of aliphatic hydroxyl groups excluding tert-OH is 2. The van der Waals surface area contributed by atoms with E-state index in [2.05, 4.69) is 43.0 Å². The SMILES string of the molecule is CC(CO)CCC[C@@H](C)[C@H]1CC[C@H]2[C@@H]3C[C@@H](NCCc4cnc[nH]4)C4C[C@@H](O)CC[C@]4(C)[C@H]3CC[C@]12C. The van der Waals surface area contributed by atoms with E-state index in [1.807, 2.05) is 6.20 Å². The molecule has 4 saturated carbocycles. The number of aliphatic hydroxyl groups is 2. The molecular formula is C32H55N3O2. The largest absolute Gasteiger partial charge is 0.396 e. The van der Waals surface area contributed by atoms with E-state index in [1.54, 1.807) is 6.33 Å². The summed E-state index contributed by atoms with van der Waals surface area (Å²) in [6, 6.07) is 0.517. The number of nitrogens with one attached hydrogen (secondary N) is 2. The van der Waals surface area contributed by atoms with Gasteiger partial charge in [0.25, 0.3) is 0 Å². The number of hydrogen-bond acceptors (Lipinski definition) is 4. The van der Waals surface area contributed by atoms with Crippen LogP contribution in [0.1, 0.15) is 104 Å². The Bertz CT molecular complexity index is 860. The lowest BCUT2D eigenvalue weighted by molar-refractivity contribution is -0.141. The van der Waals surface area contributed by atoms with Crippen LogP contribution in [0.3, 0.4) is 0 Å². The monoisotopic (exact) mass is 513 g/mol. The second-order valence-electron chi connectivity index (χ2n) is 14.5. The zero-order valence-electron chi connectivity index (χ0n) is 24.1. The van der Waals surface area contributed by atoms with Gasteiger partial charge in [-0.3, -0.25) is 0 Å². The van der Waals surface area contributed by atoms with Gasteiger partial charge in [0.1, 0.15) is 0 Å². The van der Waals surface area contributed by atoms with Crippen LogP contribution in [0.15, 0.2) is 12.5 Å². The number of hydrogen-bond donors (Lipinski definition) is 4. The van der Waals surface area contributed by atoms with Gasteiger partial charge < -0.3 is 20.5 Å². The van der Waals surface area contributed by atoms with Gasteiger partial charge in [-0.15, -0.1) is 0 Å². The summed E-state index contributed by atoms with van der Waals surface area (Å²) in [5.41, 5.74) is 2.05. The Labute approximate surface area is 226 Å². The molecule has 1 heterocycles. The first-order valence-corrected chi connectivity index (χ1v) is 15.8. The molecule has 5 heteroatoms. The Morgan fingerprint density at radius 3 is 2.57 bits per heavy atom. The average Bonchev–Trinajstić information content (AvgIpc) is 3.52. The minimum Gasteiger partial charge on any atom is -0.396 e. The molecule has 4 fully saturated rings. The molecular weight excluding hydrogens is 458 g/mol. The van der Waals surface area contributed by atoms with Crippen LogP contribution in [-0.4, -0.2) is 45.5 Å². The van der Waals surface area contributed by atoms with Gasteiger partial charge in [0.2, 0.25) is 0 Å². The highest BCUT2D eigenvalue weighted by Gasteiger charge is 2.62. The first kappa shape index (κ1) is 27.6. The summed E-state index contributed by atoms with van der Waals surface area (Å²) >= 11 is 0. The van der Waals surface area contributed by atoms with Crippen molar-refractivity contribution in [3.8, 4) is 0 Å². The second kappa shape index (κ2) is 11.3. The fraction of sp³-hybridized carbons (Fsp3) is 0.906. The van der Waals surface area contributed by atoms with Crippen LogP contribution < -0.4 is 5.32 Å². The number of aromatic nitrogens is 2. The van der Waals surface area contributed by atoms with Gasteiger partial charge in [-0.05, 0) is 110 Å². The molecule has 5 nitrogen and oxygen atoms in total. The van der Waals surface area contributed by atoms with Gasteiger partial charge in [0.15, 0.2) is 0 Å². The predicted molar refractivity (Wildman–Crippen MR) is 150 cm³/mol. The van der Waals surface area contributed by atoms with Gasteiger partial charge in [-0.1, -0.05) is 40.5 Å². The molecule has 1 aromatic rings. The molecule has 1 aromatic heterocycles. The topological polar surface area (TPSA) is 81.2 Å². The third kappa shape index (κ3) is 5.31. The Kier molecular flexibility index (Phi) is 8.44. The minimum atomic E-state index is -0.120. The van der Waals surface area contributed by atoms with Crippen LogP contribution >= 0.6 is 0 Å². The van der Waals surface area contributed by atoms with E-state index in [-0.39, 0.29) is 6.10 Å². The maximum Gasteiger partial charge on any atom is 0.0921 e. The van der Waals surface area contributed by atoms with Crippen molar-refractivity contribution in [2.75, 3.05) is 13.2 Å². The molecule has 210 valence electrons. The minimum absolute atomic E-state index is 0.120. The lowest BCUT2D eigenvalue weighted by atomic mass is 9.43. The molecule has 2 unspecified atom stereocenters. The van der Waals surface area contributed by atoms with Gasteiger partial charge in [-0.2, -0.15) is 0 Å². The zero-order valence-corrected chi connectivity index (χ0v) is 24.1. The van der Waals surface area contributed by atoms with E-state index in [4.69, 9.17) is 0 Å². The number of rotatable bonds is 10. The van der Waals surface area contributed by atoms with Crippen LogP contribution in [0.5, 0.6) is 0 Å². The summed E-state index contributed by atoms with van der Waals surface area (Å²) in [5, 5.41) is 24.2. The molecule has 4 aliphatic carbocycles. The third-order valence-electron chi connectivity index (χ3n) is 12.5. The summed E-state index contributed by atoms with van der Waals surface area (Å²) in [5.74, 6) is 5.19. The molecule has 0 spiro atoms. The van der Waals surface area contributed by atoms with Crippen molar-refractivity contribution >= 4 is 0 Å². The van der Waals surface area contributed by atoms with E-state index >= 15 is 0 Å². The van der Waals surface area contributed by atoms with Crippen molar-refractivity contribution < 1.29 is 10.2 Å². The summed E-state index contributed by atoms with van der Waals surface area (Å²) < 4.78 is 0.